The van der Waals surface area contributed by atoms with Crippen molar-refractivity contribution in [2.24, 2.45) is 0 Å². The number of amides is 1. The quantitative estimate of drug-likeness (QED) is 0.531. The van der Waals surface area contributed by atoms with E-state index in [1.165, 1.54) is 24.3 Å². The van der Waals surface area contributed by atoms with Gasteiger partial charge in [-0.1, -0.05) is 30.3 Å². The maximum Gasteiger partial charge on any atom is 0.269 e. The second-order valence-corrected chi connectivity index (χ2v) is 5.55. The van der Waals surface area contributed by atoms with Crippen molar-refractivity contribution in [1.29, 1.82) is 0 Å². The molecule has 6 nitrogen and oxygen atoms in total. The number of carbonyl (C=O) groups is 1. The molecular weight excluding hydrogens is 332 g/mol. The predicted molar refractivity (Wildman–Crippen MR) is 97.2 cm³/mol. The number of benzene rings is 3. The molecule has 0 spiro atoms. The molecule has 3 aromatic rings. The first-order valence-electron chi connectivity index (χ1n) is 7.96. The zero-order valence-corrected chi connectivity index (χ0v) is 13.8. The molecular formula is C20H16N2O4. The first-order valence-corrected chi connectivity index (χ1v) is 7.96. The Balaban J connectivity index is 1.61. The van der Waals surface area contributed by atoms with E-state index in [1.54, 1.807) is 0 Å². The second-order valence-electron chi connectivity index (χ2n) is 5.55. The van der Waals surface area contributed by atoms with Crippen molar-refractivity contribution in [2.45, 2.75) is 6.54 Å². The van der Waals surface area contributed by atoms with Gasteiger partial charge in [-0.25, -0.2) is 0 Å². The largest absolute Gasteiger partial charge is 0.457 e. The Morgan fingerprint density at radius 3 is 2.31 bits per heavy atom. The fourth-order valence-corrected chi connectivity index (χ4v) is 2.36. The molecule has 0 saturated carbocycles. The normalized spacial score (nSPS) is 10.2. The molecule has 0 saturated heterocycles. The fourth-order valence-electron chi connectivity index (χ4n) is 2.36. The summed E-state index contributed by atoms with van der Waals surface area (Å²) in [7, 11) is 0. The van der Waals surface area contributed by atoms with Crippen LogP contribution in [-0.2, 0) is 6.54 Å². The van der Waals surface area contributed by atoms with E-state index >= 15 is 0 Å². The molecule has 1 N–H and O–H groups in total. The molecule has 3 rings (SSSR count). The van der Waals surface area contributed by atoms with Gasteiger partial charge in [0.05, 0.1) is 4.92 Å². The van der Waals surface area contributed by atoms with Gasteiger partial charge in [-0.3, -0.25) is 14.9 Å². The summed E-state index contributed by atoms with van der Waals surface area (Å²) in [4.78, 5) is 22.3. The number of non-ortho nitro benzene ring substituents is 1. The van der Waals surface area contributed by atoms with Crippen LogP contribution < -0.4 is 10.1 Å². The lowest BCUT2D eigenvalue weighted by molar-refractivity contribution is -0.384. The van der Waals surface area contributed by atoms with Gasteiger partial charge in [-0.15, -0.1) is 0 Å². The van der Waals surface area contributed by atoms with Gasteiger partial charge in [0.1, 0.15) is 11.5 Å². The third kappa shape index (κ3) is 4.45. The molecule has 0 aliphatic carbocycles. The fraction of sp³-hybridized carbons (Fsp3) is 0.0500. The number of nitro benzene ring substituents is 1. The number of para-hydroxylation sites is 1. The molecule has 0 unspecified atom stereocenters. The zero-order chi connectivity index (χ0) is 18.4. The minimum atomic E-state index is -0.500. The molecule has 0 fully saturated rings. The Labute approximate surface area is 150 Å². The summed E-state index contributed by atoms with van der Waals surface area (Å²) in [5, 5.41) is 13.4. The van der Waals surface area contributed by atoms with E-state index < -0.39 is 4.92 Å². The topological polar surface area (TPSA) is 81.5 Å². The van der Waals surface area contributed by atoms with Gasteiger partial charge in [0.25, 0.3) is 11.6 Å². The Morgan fingerprint density at radius 1 is 0.923 bits per heavy atom. The van der Waals surface area contributed by atoms with Crippen molar-refractivity contribution >= 4 is 11.6 Å². The van der Waals surface area contributed by atoms with Crippen LogP contribution in [0.4, 0.5) is 5.69 Å². The van der Waals surface area contributed by atoms with Crippen LogP contribution in [0.15, 0.2) is 78.9 Å². The lowest BCUT2D eigenvalue weighted by Crippen LogP contribution is -2.22. The number of hydrogen-bond acceptors (Lipinski definition) is 4. The van der Waals surface area contributed by atoms with Gasteiger partial charge in [-0.05, 0) is 42.0 Å². The molecule has 0 aliphatic heterocycles. The maximum absolute atomic E-state index is 12.2. The number of rotatable bonds is 6. The van der Waals surface area contributed by atoms with Crippen molar-refractivity contribution in [1.82, 2.24) is 5.32 Å². The highest BCUT2D eigenvalue weighted by Crippen LogP contribution is 2.21. The summed E-state index contributed by atoms with van der Waals surface area (Å²) in [6.45, 7) is 0.321. The van der Waals surface area contributed by atoms with Crippen LogP contribution in [-0.4, -0.2) is 10.8 Å². The average molecular weight is 348 g/mol. The Kier molecular flexibility index (Phi) is 5.24. The smallest absolute Gasteiger partial charge is 0.269 e. The van der Waals surface area contributed by atoms with E-state index in [-0.39, 0.29) is 11.6 Å². The van der Waals surface area contributed by atoms with Crippen molar-refractivity contribution in [3.63, 3.8) is 0 Å². The van der Waals surface area contributed by atoms with E-state index in [0.29, 0.717) is 17.9 Å². The van der Waals surface area contributed by atoms with E-state index in [1.807, 2.05) is 54.6 Å². The number of nitro groups is 1. The van der Waals surface area contributed by atoms with Gasteiger partial charge < -0.3 is 10.1 Å². The highest BCUT2D eigenvalue weighted by atomic mass is 16.6. The van der Waals surface area contributed by atoms with E-state index in [4.69, 9.17) is 4.74 Å². The number of carbonyl (C=O) groups excluding carboxylic acids is 1. The zero-order valence-electron chi connectivity index (χ0n) is 13.8. The number of nitrogens with one attached hydrogen (secondary N) is 1. The molecule has 1 amide bonds. The first-order chi connectivity index (χ1) is 12.6. The van der Waals surface area contributed by atoms with Crippen molar-refractivity contribution in [2.75, 3.05) is 0 Å². The van der Waals surface area contributed by atoms with Crippen LogP contribution in [0, 0.1) is 10.1 Å². The number of ether oxygens (including phenoxy) is 1. The van der Waals surface area contributed by atoms with Gasteiger partial charge in [0.15, 0.2) is 0 Å². The Morgan fingerprint density at radius 2 is 1.62 bits per heavy atom. The standard InChI is InChI=1S/C20H16N2O4/c23-20(16-9-11-17(12-10-16)22(24)25)21-14-15-5-4-8-19(13-15)26-18-6-2-1-3-7-18/h1-13H,14H2,(H,21,23). The SMILES string of the molecule is O=C(NCc1cccc(Oc2ccccc2)c1)c1ccc([N+](=O)[O-])cc1. The molecule has 0 bridgehead atoms. The summed E-state index contributed by atoms with van der Waals surface area (Å²) in [6, 6.07) is 22.3. The molecule has 0 aliphatic rings. The summed E-state index contributed by atoms with van der Waals surface area (Å²) in [5.41, 5.74) is 1.20. The van der Waals surface area contributed by atoms with Crippen molar-refractivity contribution < 1.29 is 14.5 Å². The van der Waals surface area contributed by atoms with Crippen LogP contribution in [0.2, 0.25) is 0 Å². The lowest BCUT2D eigenvalue weighted by Gasteiger charge is -2.09. The monoisotopic (exact) mass is 348 g/mol. The Hall–Kier alpha value is -3.67. The molecule has 3 aromatic carbocycles. The van der Waals surface area contributed by atoms with Gasteiger partial charge >= 0.3 is 0 Å². The minimum Gasteiger partial charge on any atom is -0.457 e. The molecule has 6 heteroatoms. The van der Waals surface area contributed by atoms with Crippen LogP contribution in [0.5, 0.6) is 11.5 Å². The molecule has 0 radical (unpaired) electrons. The minimum absolute atomic E-state index is 0.0488. The summed E-state index contributed by atoms with van der Waals surface area (Å²) in [6.07, 6.45) is 0. The van der Waals surface area contributed by atoms with Crippen molar-refractivity contribution in [3.05, 3.63) is 100 Å². The lowest BCUT2D eigenvalue weighted by atomic mass is 10.1. The molecule has 0 aromatic heterocycles. The van der Waals surface area contributed by atoms with E-state index in [9.17, 15) is 14.9 Å². The van der Waals surface area contributed by atoms with Crippen LogP contribution in [0.3, 0.4) is 0 Å². The van der Waals surface area contributed by atoms with Crippen LogP contribution in [0.1, 0.15) is 15.9 Å². The maximum atomic E-state index is 12.2. The van der Waals surface area contributed by atoms with Crippen LogP contribution in [0.25, 0.3) is 0 Å². The highest BCUT2D eigenvalue weighted by Gasteiger charge is 2.09. The van der Waals surface area contributed by atoms with Gasteiger partial charge in [0, 0.05) is 24.2 Å². The van der Waals surface area contributed by atoms with E-state index in [0.717, 1.165) is 11.3 Å². The third-order valence-electron chi connectivity index (χ3n) is 3.67. The predicted octanol–water partition coefficient (Wildman–Crippen LogP) is 4.32. The second kappa shape index (κ2) is 7.94. The molecule has 130 valence electrons. The third-order valence-corrected chi connectivity index (χ3v) is 3.67. The van der Waals surface area contributed by atoms with E-state index in [2.05, 4.69) is 5.32 Å². The molecule has 0 heterocycles. The summed E-state index contributed by atoms with van der Waals surface area (Å²) < 4.78 is 5.77. The van der Waals surface area contributed by atoms with Crippen molar-refractivity contribution in [3.8, 4) is 11.5 Å². The van der Waals surface area contributed by atoms with Gasteiger partial charge in [-0.2, -0.15) is 0 Å². The van der Waals surface area contributed by atoms with Crippen LogP contribution >= 0.6 is 0 Å². The summed E-state index contributed by atoms with van der Waals surface area (Å²) in [5.74, 6) is 1.12. The molecule has 26 heavy (non-hydrogen) atoms. The Bertz CT molecular complexity index is 909. The number of hydrogen-bond donors (Lipinski definition) is 1. The summed E-state index contributed by atoms with van der Waals surface area (Å²) >= 11 is 0. The molecule has 0 atom stereocenters. The average Bonchev–Trinajstić information content (AvgIpc) is 2.67. The number of nitrogens with zero attached hydrogens (tertiary/aromatic N) is 1. The first kappa shape index (κ1) is 17.2. The highest BCUT2D eigenvalue weighted by molar-refractivity contribution is 5.94. The van der Waals surface area contributed by atoms with Gasteiger partial charge in [0.2, 0.25) is 0 Å².